The Morgan fingerprint density at radius 2 is 1.75 bits per heavy atom. The van der Waals surface area contributed by atoms with Crippen molar-refractivity contribution in [2.75, 3.05) is 25.6 Å². The quantitative estimate of drug-likeness (QED) is 0.584. The molecule has 0 rings (SSSR count). The molecule has 0 amide bonds. The van der Waals surface area contributed by atoms with Crippen molar-refractivity contribution < 1.29 is 9.53 Å². The maximum atomic E-state index is 11.7. The number of halogens is 1. The average Bonchev–Trinajstić information content (AvgIpc) is 2.06. The zero-order chi connectivity index (χ0) is 9.85. The second-order valence-electron chi connectivity index (χ2n) is 3.22. The first-order valence-corrected chi connectivity index (χ1v) is 10.1. The molecule has 0 aliphatic rings. The van der Waals surface area contributed by atoms with E-state index in [1.165, 1.54) is 0 Å². The molecule has 4 heteroatoms. The summed E-state index contributed by atoms with van der Waals surface area (Å²) in [5.41, 5.74) is 0.0362. The number of rotatable bonds is 4. The summed E-state index contributed by atoms with van der Waals surface area (Å²) in [6.07, 6.45) is 1.86. The summed E-state index contributed by atoms with van der Waals surface area (Å²) in [5, 5.41) is 0. The molecule has 0 saturated carbocycles. The first kappa shape index (κ1) is 12.6. The van der Waals surface area contributed by atoms with Gasteiger partial charge in [0.25, 0.3) is 0 Å². The van der Waals surface area contributed by atoms with Crippen LogP contribution in [0.2, 0.25) is 0 Å². The van der Waals surface area contributed by atoms with Gasteiger partial charge in [-0.2, -0.15) is 0 Å². The molecule has 2 nitrogen and oxygen atoms in total. The molecule has 0 unspecified atom stereocenters. The predicted molar refractivity (Wildman–Crippen MR) is 65.0 cm³/mol. The molecule has 0 aliphatic carbocycles. The van der Waals surface area contributed by atoms with E-state index in [0.717, 1.165) is 12.3 Å². The van der Waals surface area contributed by atoms with Gasteiger partial charge in [-0.3, -0.25) is 0 Å². The summed E-state index contributed by atoms with van der Waals surface area (Å²) in [7, 11) is 0. The van der Waals surface area contributed by atoms with Crippen LogP contribution in [0.1, 0.15) is 20.8 Å². The Bertz CT molecular complexity index is 172. The van der Waals surface area contributed by atoms with Crippen molar-refractivity contribution in [3.8, 4) is 0 Å². The zero-order valence-corrected chi connectivity index (χ0v) is 11.3. The molecule has 0 radical (unpaired) electrons. The number of hydrogen-bond donors (Lipinski definition) is 0. The van der Waals surface area contributed by atoms with Gasteiger partial charge in [-0.1, -0.05) is 0 Å². The van der Waals surface area contributed by atoms with Crippen LogP contribution in [0.3, 0.4) is 0 Å². The normalized spacial score (nSPS) is 14.9. The molecule has 0 atom stereocenters. The van der Waals surface area contributed by atoms with Crippen molar-refractivity contribution >= 4 is 32.0 Å². The van der Waals surface area contributed by atoms with E-state index in [9.17, 15) is 4.79 Å². The fourth-order valence-electron chi connectivity index (χ4n) is 0.786. The molecule has 12 heavy (non-hydrogen) atoms. The topological polar surface area (TPSA) is 26.3 Å². The molecule has 0 N–H and O–H groups in total. The Labute approximate surface area is 87.8 Å². The number of carbonyl (C=O) groups is 1. The van der Waals surface area contributed by atoms with Gasteiger partial charge in [0.15, 0.2) is 0 Å². The Hall–Kier alpha value is 0.630. The van der Waals surface area contributed by atoms with E-state index < -0.39 is 4.25 Å². The Morgan fingerprint density at radius 1 is 1.33 bits per heavy atom. The third kappa shape index (κ3) is 2.56. The van der Waals surface area contributed by atoms with Crippen LogP contribution in [0.4, 0.5) is 4.79 Å². The summed E-state index contributed by atoms with van der Waals surface area (Å²) in [5.74, 6) is 0. The van der Waals surface area contributed by atoms with Crippen LogP contribution >= 0.6 is 26.3 Å². The molecule has 74 valence electrons. The minimum atomic E-state index is -2.18. The second kappa shape index (κ2) is 4.23. The van der Waals surface area contributed by atoms with Gasteiger partial charge in [0, 0.05) is 0 Å². The number of ether oxygens (including phenoxy) is 1. The summed E-state index contributed by atoms with van der Waals surface area (Å²) < 4.78 is 2.92. The molecule has 0 bridgehead atoms. The predicted octanol–water partition coefficient (Wildman–Crippen LogP) is 3.72. The van der Waals surface area contributed by atoms with Crippen molar-refractivity contribution in [1.29, 1.82) is 0 Å². The molecule has 0 heterocycles. The van der Waals surface area contributed by atoms with E-state index >= 15 is 0 Å². The van der Waals surface area contributed by atoms with Gasteiger partial charge in [-0.25, -0.2) is 0 Å². The van der Waals surface area contributed by atoms with E-state index in [2.05, 4.69) is 42.6 Å². The van der Waals surface area contributed by atoms with Gasteiger partial charge in [-0.15, -0.1) is 0 Å². The fraction of sp³-hybridized carbons (Fsp3) is 0.875. The standard InChI is InChI=1S/C8H18IO2P/c1-5-11-8(10)12(4,9,6-2)7-3/h5-7H2,1-4H3. The molecule has 0 aromatic rings. The zero-order valence-electron chi connectivity index (χ0n) is 8.26. The molecule has 0 aromatic carbocycles. The van der Waals surface area contributed by atoms with Crippen LogP contribution in [0.25, 0.3) is 0 Å². The van der Waals surface area contributed by atoms with Crippen LogP contribution in [-0.4, -0.2) is 31.3 Å². The Balaban J connectivity index is 4.63. The van der Waals surface area contributed by atoms with Crippen LogP contribution < -0.4 is 0 Å². The maximum absolute atomic E-state index is 11.7. The van der Waals surface area contributed by atoms with E-state index in [4.69, 9.17) is 4.74 Å². The average molecular weight is 304 g/mol. The van der Waals surface area contributed by atoms with Crippen LogP contribution in [0.15, 0.2) is 0 Å². The van der Waals surface area contributed by atoms with E-state index in [0.29, 0.717) is 6.61 Å². The summed E-state index contributed by atoms with van der Waals surface area (Å²) in [4.78, 5) is 11.7. The van der Waals surface area contributed by atoms with Gasteiger partial charge in [0.05, 0.1) is 0 Å². The van der Waals surface area contributed by atoms with Crippen LogP contribution in [-0.2, 0) is 4.74 Å². The van der Waals surface area contributed by atoms with Gasteiger partial charge < -0.3 is 0 Å². The van der Waals surface area contributed by atoms with Gasteiger partial charge in [0.2, 0.25) is 0 Å². The fourth-order valence-corrected chi connectivity index (χ4v) is 2.66. The monoisotopic (exact) mass is 304 g/mol. The molecular formula is C8H18IO2P. The molecular weight excluding hydrogens is 286 g/mol. The summed E-state index contributed by atoms with van der Waals surface area (Å²) >= 11 is 2.34. The van der Waals surface area contributed by atoms with E-state index in [1.807, 2.05) is 6.92 Å². The molecule has 0 aliphatic heterocycles. The third-order valence-corrected chi connectivity index (χ3v) is 12.1. The van der Waals surface area contributed by atoms with Gasteiger partial charge in [0.1, 0.15) is 0 Å². The molecule has 0 fully saturated rings. The van der Waals surface area contributed by atoms with Gasteiger partial charge >= 0.3 is 87.9 Å². The molecule has 0 aromatic heterocycles. The van der Waals surface area contributed by atoms with Crippen molar-refractivity contribution in [3.05, 3.63) is 0 Å². The van der Waals surface area contributed by atoms with E-state index in [-0.39, 0.29) is 5.71 Å². The van der Waals surface area contributed by atoms with E-state index in [1.54, 1.807) is 0 Å². The van der Waals surface area contributed by atoms with Crippen LogP contribution in [0, 0.1) is 0 Å². The van der Waals surface area contributed by atoms with Crippen molar-refractivity contribution in [3.63, 3.8) is 0 Å². The van der Waals surface area contributed by atoms with Crippen LogP contribution in [0.5, 0.6) is 0 Å². The van der Waals surface area contributed by atoms with Crippen molar-refractivity contribution in [2.45, 2.75) is 20.8 Å². The summed E-state index contributed by atoms with van der Waals surface area (Å²) in [6, 6.07) is 0. The molecule has 0 spiro atoms. The number of hydrogen-bond acceptors (Lipinski definition) is 2. The Morgan fingerprint density at radius 3 is 2.00 bits per heavy atom. The molecule has 0 saturated heterocycles. The second-order valence-corrected chi connectivity index (χ2v) is 17.1. The summed E-state index contributed by atoms with van der Waals surface area (Å²) in [6.45, 7) is 8.59. The first-order chi connectivity index (χ1) is 5.39. The minimum absolute atomic E-state index is 0.0362. The van der Waals surface area contributed by atoms with Gasteiger partial charge in [-0.05, 0) is 0 Å². The third-order valence-electron chi connectivity index (χ3n) is 2.41. The SMILES string of the molecule is CCOC(=O)P(C)(I)(CC)CC. The number of carbonyl (C=O) groups excluding carboxylic acids is 1. The van der Waals surface area contributed by atoms with Crippen molar-refractivity contribution in [2.24, 2.45) is 0 Å². The first-order valence-electron chi connectivity index (χ1n) is 4.29. The van der Waals surface area contributed by atoms with Crippen molar-refractivity contribution in [1.82, 2.24) is 0 Å². The Kier molecular flexibility index (Phi) is 4.45.